The van der Waals surface area contributed by atoms with E-state index in [1.165, 1.54) is 20.9 Å². The molecule has 1 heterocycles. The fraction of sp³-hybridized carbons (Fsp3) is 0.333. The summed E-state index contributed by atoms with van der Waals surface area (Å²) in [4.78, 5) is 2.75. The molecular formula is C15H19NS. The molecule has 2 rings (SSSR count). The van der Waals surface area contributed by atoms with Crippen molar-refractivity contribution < 1.29 is 0 Å². The quantitative estimate of drug-likeness (QED) is 0.860. The molecule has 0 fully saturated rings. The minimum absolute atomic E-state index is 0.320. The Hall–Kier alpha value is -1.12. The molecular weight excluding hydrogens is 226 g/mol. The van der Waals surface area contributed by atoms with Gasteiger partial charge in [-0.05, 0) is 43.7 Å². The average molecular weight is 245 g/mol. The maximum atomic E-state index is 3.41. The molecule has 0 bridgehead atoms. The van der Waals surface area contributed by atoms with Gasteiger partial charge >= 0.3 is 0 Å². The van der Waals surface area contributed by atoms with Crippen LogP contribution in [-0.4, -0.2) is 7.05 Å². The third-order valence-electron chi connectivity index (χ3n) is 3.03. The minimum Gasteiger partial charge on any atom is -0.309 e. The van der Waals surface area contributed by atoms with Crippen molar-refractivity contribution >= 4 is 11.3 Å². The molecule has 90 valence electrons. The Labute approximate surface area is 108 Å². The van der Waals surface area contributed by atoms with E-state index in [0.29, 0.717) is 6.04 Å². The van der Waals surface area contributed by atoms with Crippen molar-refractivity contribution in [3.8, 4) is 0 Å². The molecule has 1 unspecified atom stereocenters. The van der Waals surface area contributed by atoms with Gasteiger partial charge in [0.2, 0.25) is 0 Å². The van der Waals surface area contributed by atoms with Gasteiger partial charge in [-0.1, -0.05) is 31.2 Å². The van der Waals surface area contributed by atoms with Crippen molar-refractivity contribution in [1.29, 1.82) is 0 Å². The van der Waals surface area contributed by atoms with E-state index < -0.39 is 0 Å². The molecule has 2 aromatic rings. The summed E-state index contributed by atoms with van der Waals surface area (Å²) in [5.74, 6) is 0. The Morgan fingerprint density at radius 2 is 2.06 bits per heavy atom. The van der Waals surface area contributed by atoms with E-state index in [4.69, 9.17) is 0 Å². The fourth-order valence-corrected chi connectivity index (χ4v) is 3.09. The maximum absolute atomic E-state index is 3.41. The second-order valence-electron chi connectivity index (χ2n) is 4.27. The van der Waals surface area contributed by atoms with Gasteiger partial charge in [-0.3, -0.25) is 0 Å². The SMILES string of the molecule is CCc1cccc(C(NC)c2ccc(C)s2)c1. The second kappa shape index (κ2) is 5.48. The van der Waals surface area contributed by atoms with Gasteiger partial charge < -0.3 is 5.32 Å². The number of rotatable bonds is 4. The highest BCUT2D eigenvalue weighted by Gasteiger charge is 2.13. The molecule has 2 heteroatoms. The lowest BCUT2D eigenvalue weighted by atomic mass is 10.0. The number of hydrogen-bond donors (Lipinski definition) is 1. The van der Waals surface area contributed by atoms with E-state index in [0.717, 1.165) is 6.42 Å². The summed E-state index contributed by atoms with van der Waals surface area (Å²) in [6.07, 6.45) is 1.09. The zero-order valence-corrected chi connectivity index (χ0v) is 11.5. The molecule has 0 saturated carbocycles. The molecule has 0 aliphatic carbocycles. The van der Waals surface area contributed by atoms with Crippen molar-refractivity contribution in [3.05, 3.63) is 57.3 Å². The van der Waals surface area contributed by atoms with E-state index in [9.17, 15) is 0 Å². The minimum atomic E-state index is 0.320. The van der Waals surface area contributed by atoms with E-state index in [1.807, 2.05) is 18.4 Å². The van der Waals surface area contributed by atoms with Crippen LogP contribution in [0.5, 0.6) is 0 Å². The molecule has 0 aliphatic rings. The van der Waals surface area contributed by atoms with E-state index in [1.54, 1.807) is 0 Å². The molecule has 0 radical (unpaired) electrons. The molecule has 17 heavy (non-hydrogen) atoms. The molecule has 1 aromatic carbocycles. The first-order chi connectivity index (χ1) is 8.24. The zero-order chi connectivity index (χ0) is 12.3. The Balaban J connectivity index is 2.34. The van der Waals surface area contributed by atoms with Crippen LogP contribution in [0.2, 0.25) is 0 Å². The molecule has 0 amide bonds. The van der Waals surface area contributed by atoms with Crippen molar-refractivity contribution in [3.63, 3.8) is 0 Å². The highest BCUT2D eigenvalue weighted by molar-refractivity contribution is 7.12. The predicted molar refractivity (Wildman–Crippen MR) is 75.8 cm³/mol. The monoisotopic (exact) mass is 245 g/mol. The highest BCUT2D eigenvalue weighted by Crippen LogP contribution is 2.28. The average Bonchev–Trinajstić information content (AvgIpc) is 2.77. The molecule has 1 atom stereocenters. The van der Waals surface area contributed by atoms with Gasteiger partial charge in [-0.25, -0.2) is 0 Å². The van der Waals surface area contributed by atoms with Crippen molar-refractivity contribution in [2.45, 2.75) is 26.3 Å². The number of hydrogen-bond acceptors (Lipinski definition) is 2. The van der Waals surface area contributed by atoms with Crippen LogP contribution in [-0.2, 0) is 6.42 Å². The number of thiophene rings is 1. The summed E-state index contributed by atoms with van der Waals surface area (Å²) < 4.78 is 0. The number of nitrogens with one attached hydrogen (secondary N) is 1. The molecule has 1 aromatic heterocycles. The summed E-state index contributed by atoms with van der Waals surface area (Å²) in [6.45, 7) is 4.35. The fourth-order valence-electron chi connectivity index (χ4n) is 2.07. The van der Waals surface area contributed by atoms with Crippen molar-refractivity contribution in [2.75, 3.05) is 7.05 Å². The molecule has 0 spiro atoms. The highest BCUT2D eigenvalue weighted by atomic mass is 32.1. The Morgan fingerprint density at radius 1 is 1.24 bits per heavy atom. The summed E-state index contributed by atoms with van der Waals surface area (Å²) in [5.41, 5.74) is 2.75. The van der Waals surface area contributed by atoms with Crippen LogP contribution in [0.15, 0.2) is 36.4 Å². The van der Waals surface area contributed by atoms with E-state index >= 15 is 0 Å². The largest absolute Gasteiger partial charge is 0.309 e. The van der Waals surface area contributed by atoms with E-state index in [-0.39, 0.29) is 0 Å². The first kappa shape index (κ1) is 12.3. The summed E-state index contributed by atoms with van der Waals surface area (Å²) >= 11 is 1.87. The standard InChI is InChI=1S/C15H19NS/c1-4-12-6-5-7-13(10-12)15(16-3)14-9-8-11(2)17-14/h5-10,15-16H,4H2,1-3H3. The Bertz CT molecular complexity index is 487. The topological polar surface area (TPSA) is 12.0 Å². The second-order valence-corrected chi connectivity index (χ2v) is 5.59. The normalized spacial score (nSPS) is 12.6. The summed E-state index contributed by atoms with van der Waals surface area (Å²) in [7, 11) is 2.03. The lowest BCUT2D eigenvalue weighted by Gasteiger charge is -2.16. The van der Waals surface area contributed by atoms with Crippen molar-refractivity contribution in [2.24, 2.45) is 0 Å². The van der Waals surface area contributed by atoms with Gasteiger partial charge in [0, 0.05) is 9.75 Å². The van der Waals surface area contributed by atoms with E-state index in [2.05, 4.69) is 55.6 Å². The zero-order valence-electron chi connectivity index (χ0n) is 10.7. The predicted octanol–water partition coefficient (Wildman–Crippen LogP) is 3.93. The van der Waals surface area contributed by atoms with Gasteiger partial charge in [0.1, 0.15) is 0 Å². The van der Waals surface area contributed by atoms with Gasteiger partial charge in [0.05, 0.1) is 6.04 Å². The number of aryl methyl sites for hydroxylation is 2. The van der Waals surface area contributed by atoms with Crippen LogP contribution in [0.4, 0.5) is 0 Å². The summed E-state index contributed by atoms with van der Waals surface area (Å²) in [6, 6.07) is 13.6. The van der Waals surface area contributed by atoms with Crippen LogP contribution >= 0.6 is 11.3 Å². The number of benzene rings is 1. The third-order valence-corrected chi connectivity index (χ3v) is 4.09. The lowest BCUT2D eigenvalue weighted by Crippen LogP contribution is -2.16. The molecule has 0 saturated heterocycles. The van der Waals surface area contributed by atoms with Crippen LogP contribution in [0, 0.1) is 6.92 Å². The van der Waals surface area contributed by atoms with Gasteiger partial charge in [-0.15, -0.1) is 11.3 Å². The Morgan fingerprint density at radius 3 is 2.65 bits per heavy atom. The molecule has 1 nitrogen and oxygen atoms in total. The molecule has 1 N–H and O–H groups in total. The smallest absolute Gasteiger partial charge is 0.0668 e. The van der Waals surface area contributed by atoms with Gasteiger partial charge in [0.25, 0.3) is 0 Å². The van der Waals surface area contributed by atoms with Crippen LogP contribution in [0.3, 0.4) is 0 Å². The first-order valence-corrected chi connectivity index (χ1v) is 6.88. The van der Waals surface area contributed by atoms with Gasteiger partial charge in [-0.2, -0.15) is 0 Å². The summed E-state index contributed by atoms with van der Waals surface area (Å²) in [5, 5.41) is 3.41. The maximum Gasteiger partial charge on any atom is 0.0668 e. The first-order valence-electron chi connectivity index (χ1n) is 6.07. The Kier molecular flexibility index (Phi) is 3.97. The third kappa shape index (κ3) is 2.76. The molecule has 0 aliphatic heterocycles. The van der Waals surface area contributed by atoms with Gasteiger partial charge in [0.15, 0.2) is 0 Å². The van der Waals surface area contributed by atoms with Crippen molar-refractivity contribution in [1.82, 2.24) is 5.32 Å². The van der Waals surface area contributed by atoms with Crippen LogP contribution in [0.1, 0.15) is 33.8 Å². The lowest BCUT2D eigenvalue weighted by molar-refractivity contribution is 0.703. The van der Waals surface area contributed by atoms with Crippen LogP contribution < -0.4 is 5.32 Å². The van der Waals surface area contributed by atoms with Crippen LogP contribution in [0.25, 0.3) is 0 Å².